The van der Waals surface area contributed by atoms with E-state index < -0.39 is 0 Å². The molecule has 2 N–H and O–H groups in total. The highest BCUT2D eigenvalue weighted by Crippen LogP contribution is 2.20. The lowest BCUT2D eigenvalue weighted by Gasteiger charge is -2.14. The SMILES string of the molecule is CCCCCCCCCC(N)c1ncc(C)cc1C. The van der Waals surface area contributed by atoms with Crippen molar-refractivity contribution in [2.75, 3.05) is 0 Å². The number of aromatic nitrogens is 1. The standard InChI is InChI=1S/C17H30N2/c1-4-5-6-7-8-9-10-11-16(18)17-15(3)12-14(2)13-19-17/h12-13,16H,4-11,18H2,1-3H3. The van der Waals surface area contributed by atoms with Crippen LogP contribution in [0.1, 0.15) is 81.2 Å². The fourth-order valence-electron chi connectivity index (χ4n) is 2.57. The number of nitrogens with two attached hydrogens (primary N) is 1. The summed E-state index contributed by atoms with van der Waals surface area (Å²) in [5, 5.41) is 0. The highest BCUT2D eigenvalue weighted by molar-refractivity contribution is 5.25. The molecule has 0 fully saturated rings. The van der Waals surface area contributed by atoms with Gasteiger partial charge in [-0.15, -0.1) is 0 Å². The van der Waals surface area contributed by atoms with Crippen molar-refractivity contribution in [3.05, 3.63) is 29.1 Å². The zero-order chi connectivity index (χ0) is 14.1. The summed E-state index contributed by atoms with van der Waals surface area (Å²) in [6.07, 6.45) is 12.3. The fraction of sp³-hybridized carbons (Fsp3) is 0.706. The highest BCUT2D eigenvalue weighted by Gasteiger charge is 2.10. The van der Waals surface area contributed by atoms with Gasteiger partial charge in [-0.3, -0.25) is 4.98 Å². The zero-order valence-corrected chi connectivity index (χ0v) is 12.9. The van der Waals surface area contributed by atoms with E-state index in [0.29, 0.717) is 0 Å². The Bertz CT molecular complexity index is 360. The molecule has 1 aromatic rings. The van der Waals surface area contributed by atoms with E-state index in [1.54, 1.807) is 0 Å². The average molecular weight is 262 g/mol. The molecule has 0 bridgehead atoms. The van der Waals surface area contributed by atoms with Crippen LogP contribution in [0.4, 0.5) is 0 Å². The molecule has 0 aliphatic rings. The smallest absolute Gasteiger partial charge is 0.0600 e. The van der Waals surface area contributed by atoms with Gasteiger partial charge in [0.1, 0.15) is 0 Å². The first-order valence-corrected chi connectivity index (χ1v) is 7.84. The maximum absolute atomic E-state index is 6.25. The summed E-state index contributed by atoms with van der Waals surface area (Å²) in [5.41, 5.74) is 9.77. The van der Waals surface area contributed by atoms with E-state index in [4.69, 9.17) is 5.73 Å². The normalized spacial score (nSPS) is 12.6. The minimum absolute atomic E-state index is 0.108. The Balaban J connectivity index is 2.22. The van der Waals surface area contributed by atoms with Crippen LogP contribution in [0.2, 0.25) is 0 Å². The maximum Gasteiger partial charge on any atom is 0.0600 e. The molecular weight excluding hydrogens is 232 g/mol. The van der Waals surface area contributed by atoms with Crippen molar-refractivity contribution in [1.29, 1.82) is 0 Å². The van der Waals surface area contributed by atoms with Gasteiger partial charge < -0.3 is 5.73 Å². The molecule has 0 saturated heterocycles. The van der Waals surface area contributed by atoms with Gasteiger partial charge in [0.15, 0.2) is 0 Å². The predicted octanol–water partition coefficient (Wildman–Crippen LogP) is 4.84. The molecule has 0 radical (unpaired) electrons. The molecule has 0 saturated carbocycles. The third-order valence-electron chi connectivity index (χ3n) is 3.73. The molecule has 108 valence electrons. The minimum Gasteiger partial charge on any atom is -0.323 e. The molecule has 2 nitrogen and oxygen atoms in total. The molecule has 1 unspecified atom stereocenters. The third kappa shape index (κ3) is 6.20. The quantitative estimate of drug-likeness (QED) is 0.647. The molecule has 2 heteroatoms. The van der Waals surface area contributed by atoms with Gasteiger partial charge in [-0.05, 0) is 31.4 Å². The van der Waals surface area contributed by atoms with Crippen LogP contribution in [-0.2, 0) is 0 Å². The second-order valence-corrected chi connectivity index (χ2v) is 5.73. The molecule has 0 aliphatic heterocycles. The van der Waals surface area contributed by atoms with E-state index in [1.807, 2.05) is 6.20 Å². The summed E-state index contributed by atoms with van der Waals surface area (Å²) in [5.74, 6) is 0. The molecule has 19 heavy (non-hydrogen) atoms. The average Bonchev–Trinajstić information content (AvgIpc) is 2.37. The maximum atomic E-state index is 6.25. The van der Waals surface area contributed by atoms with Gasteiger partial charge in [-0.2, -0.15) is 0 Å². The van der Waals surface area contributed by atoms with Crippen molar-refractivity contribution in [3.8, 4) is 0 Å². The number of hydrogen-bond donors (Lipinski definition) is 1. The van der Waals surface area contributed by atoms with Crippen LogP contribution in [0.5, 0.6) is 0 Å². The molecule has 1 heterocycles. The van der Waals surface area contributed by atoms with Crippen molar-refractivity contribution in [3.63, 3.8) is 0 Å². The molecule has 0 spiro atoms. The van der Waals surface area contributed by atoms with Crippen LogP contribution < -0.4 is 5.73 Å². The highest BCUT2D eigenvalue weighted by atomic mass is 14.8. The second kappa shape index (κ2) is 9.08. The summed E-state index contributed by atoms with van der Waals surface area (Å²) in [6.45, 7) is 6.45. The lowest BCUT2D eigenvalue weighted by atomic mass is 10.0. The first kappa shape index (κ1) is 16.2. The predicted molar refractivity (Wildman–Crippen MR) is 83.2 cm³/mol. The van der Waals surface area contributed by atoms with Gasteiger partial charge >= 0.3 is 0 Å². The number of hydrogen-bond acceptors (Lipinski definition) is 2. The molecule has 1 atom stereocenters. The topological polar surface area (TPSA) is 38.9 Å². The van der Waals surface area contributed by atoms with Crippen molar-refractivity contribution < 1.29 is 0 Å². The van der Waals surface area contributed by atoms with E-state index in [9.17, 15) is 0 Å². The third-order valence-corrected chi connectivity index (χ3v) is 3.73. The van der Waals surface area contributed by atoms with E-state index >= 15 is 0 Å². The fourth-order valence-corrected chi connectivity index (χ4v) is 2.57. The van der Waals surface area contributed by atoms with E-state index in [-0.39, 0.29) is 6.04 Å². The Labute approximate surface area is 118 Å². The van der Waals surface area contributed by atoms with Gasteiger partial charge in [0, 0.05) is 12.2 Å². The summed E-state index contributed by atoms with van der Waals surface area (Å²) in [4.78, 5) is 4.49. The van der Waals surface area contributed by atoms with Crippen LogP contribution in [0, 0.1) is 13.8 Å². The number of aryl methyl sites for hydroxylation is 2. The van der Waals surface area contributed by atoms with E-state index in [2.05, 4.69) is 31.8 Å². The van der Waals surface area contributed by atoms with Crippen LogP contribution in [-0.4, -0.2) is 4.98 Å². The number of unbranched alkanes of at least 4 members (excludes halogenated alkanes) is 6. The van der Waals surface area contributed by atoms with Crippen LogP contribution in [0.15, 0.2) is 12.3 Å². The minimum atomic E-state index is 0.108. The van der Waals surface area contributed by atoms with Gasteiger partial charge in [-0.1, -0.05) is 57.9 Å². The molecule has 1 aromatic heterocycles. The van der Waals surface area contributed by atoms with Gasteiger partial charge in [0.25, 0.3) is 0 Å². The van der Waals surface area contributed by atoms with Gasteiger partial charge in [0.2, 0.25) is 0 Å². The molecule has 0 amide bonds. The zero-order valence-electron chi connectivity index (χ0n) is 12.9. The van der Waals surface area contributed by atoms with Gasteiger partial charge in [0.05, 0.1) is 5.69 Å². The Morgan fingerprint density at radius 3 is 2.32 bits per heavy atom. The van der Waals surface area contributed by atoms with Crippen molar-refractivity contribution in [2.45, 2.75) is 78.2 Å². The summed E-state index contributed by atoms with van der Waals surface area (Å²) in [6, 6.07) is 2.28. The van der Waals surface area contributed by atoms with Crippen LogP contribution in [0.25, 0.3) is 0 Å². The van der Waals surface area contributed by atoms with E-state index in [1.165, 1.54) is 56.1 Å². The number of rotatable bonds is 9. The van der Waals surface area contributed by atoms with Crippen molar-refractivity contribution in [2.24, 2.45) is 5.73 Å². The second-order valence-electron chi connectivity index (χ2n) is 5.73. The summed E-state index contributed by atoms with van der Waals surface area (Å²) < 4.78 is 0. The van der Waals surface area contributed by atoms with Crippen LogP contribution in [0.3, 0.4) is 0 Å². The first-order valence-electron chi connectivity index (χ1n) is 7.84. The lowest BCUT2D eigenvalue weighted by molar-refractivity contribution is 0.534. The van der Waals surface area contributed by atoms with Crippen molar-refractivity contribution >= 4 is 0 Å². The van der Waals surface area contributed by atoms with Gasteiger partial charge in [-0.25, -0.2) is 0 Å². The molecule has 0 aliphatic carbocycles. The van der Waals surface area contributed by atoms with Crippen molar-refractivity contribution in [1.82, 2.24) is 4.98 Å². The summed E-state index contributed by atoms with van der Waals surface area (Å²) >= 11 is 0. The summed E-state index contributed by atoms with van der Waals surface area (Å²) in [7, 11) is 0. The first-order chi connectivity index (χ1) is 9.15. The van der Waals surface area contributed by atoms with Crippen LogP contribution >= 0.6 is 0 Å². The number of nitrogens with zero attached hydrogens (tertiary/aromatic N) is 1. The Morgan fingerprint density at radius 2 is 1.68 bits per heavy atom. The molecule has 0 aromatic carbocycles. The monoisotopic (exact) mass is 262 g/mol. The molecule has 1 rings (SSSR count). The van der Waals surface area contributed by atoms with E-state index in [0.717, 1.165) is 12.1 Å². The largest absolute Gasteiger partial charge is 0.323 e. The Kier molecular flexibility index (Phi) is 7.73. The Morgan fingerprint density at radius 1 is 1.05 bits per heavy atom. The number of pyridine rings is 1. The molecular formula is C17H30N2. The lowest BCUT2D eigenvalue weighted by Crippen LogP contribution is -2.13. The Hall–Kier alpha value is -0.890.